The molecule has 1 aliphatic heterocycles. The Morgan fingerprint density at radius 1 is 1.22 bits per heavy atom. The van der Waals surface area contributed by atoms with Gasteiger partial charge < -0.3 is 25.6 Å². The normalized spacial score (nSPS) is 14.6. The number of nitriles is 1. The maximum atomic E-state index is 12.8. The summed E-state index contributed by atoms with van der Waals surface area (Å²) in [6.07, 6.45) is 5.37. The molecule has 11 heteroatoms. The molecule has 1 fully saturated rings. The molecule has 2 heterocycles. The molecular formula is C25H30N6O4S. The highest BCUT2D eigenvalue weighted by atomic mass is 32.1. The summed E-state index contributed by atoms with van der Waals surface area (Å²) in [4.78, 5) is 39.5. The van der Waals surface area contributed by atoms with Crippen molar-refractivity contribution < 1.29 is 14.3 Å². The number of hydrogen-bond acceptors (Lipinski definition) is 8. The third-order valence-electron chi connectivity index (χ3n) is 5.51. The van der Waals surface area contributed by atoms with Gasteiger partial charge in [-0.3, -0.25) is 9.36 Å². The Morgan fingerprint density at radius 2 is 1.92 bits per heavy atom. The fourth-order valence-electron chi connectivity index (χ4n) is 3.69. The lowest BCUT2D eigenvalue weighted by atomic mass is 10.3. The number of anilines is 2. The summed E-state index contributed by atoms with van der Waals surface area (Å²) < 4.78 is 6.90. The maximum Gasteiger partial charge on any atom is 0.352 e. The highest BCUT2D eigenvalue weighted by molar-refractivity contribution is 7.07. The van der Waals surface area contributed by atoms with Crippen LogP contribution < -0.4 is 30.7 Å². The molecule has 0 atom stereocenters. The van der Waals surface area contributed by atoms with E-state index in [1.54, 1.807) is 31.2 Å². The van der Waals surface area contributed by atoms with Crippen LogP contribution in [-0.2, 0) is 16.1 Å². The van der Waals surface area contributed by atoms with Crippen molar-refractivity contribution in [1.82, 2.24) is 14.8 Å². The lowest BCUT2D eigenvalue weighted by molar-refractivity contribution is -0.135. The van der Waals surface area contributed by atoms with E-state index in [1.807, 2.05) is 6.07 Å². The van der Waals surface area contributed by atoms with Crippen molar-refractivity contribution in [3.05, 3.63) is 56.5 Å². The first-order chi connectivity index (χ1) is 17.5. The third-order valence-corrected chi connectivity index (χ3v) is 6.64. The lowest BCUT2D eigenvalue weighted by Gasteiger charge is -2.15. The summed E-state index contributed by atoms with van der Waals surface area (Å²) in [7, 11) is 0. The minimum absolute atomic E-state index is 0.0304. The average Bonchev–Trinajstić information content (AvgIpc) is 3.50. The summed E-state index contributed by atoms with van der Waals surface area (Å²) in [6.45, 7) is 9.12. The van der Waals surface area contributed by atoms with E-state index in [2.05, 4.69) is 27.4 Å². The molecule has 10 nitrogen and oxygen atoms in total. The summed E-state index contributed by atoms with van der Waals surface area (Å²) in [6, 6.07) is 8.61. The van der Waals surface area contributed by atoms with Gasteiger partial charge in [-0.2, -0.15) is 5.26 Å². The van der Waals surface area contributed by atoms with Gasteiger partial charge in [0.05, 0.1) is 0 Å². The second kappa shape index (κ2) is 13.3. The van der Waals surface area contributed by atoms with Gasteiger partial charge in [0.25, 0.3) is 5.56 Å². The van der Waals surface area contributed by atoms with E-state index in [-0.39, 0.29) is 28.4 Å². The first kappa shape index (κ1) is 26.7. The number of urea groups is 1. The van der Waals surface area contributed by atoms with Gasteiger partial charge in [-0.25, -0.2) is 9.59 Å². The van der Waals surface area contributed by atoms with Crippen molar-refractivity contribution >= 4 is 46.5 Å². The molecule has 190 valence electrons. The van der Waals surface area contributed by atoms with E-state index in [1.165, 1.54) is 29.7 Å². The molecule has 3 N–H and O–H groups in total. The van der Waals surface area contributed by atoms with Gasteiger partial charge in [0, 0.05) is 37.2 Å². The van der Waals surface area contributed by atoms with E-state index in [4.69, 9.17) is 4.74 Å². The highest BCUT2D eigenvalue weighted by Crippen LogP contribution is 2.13. The van der Waals surface area contributed by atoms with Gasteiger partial charge in [-0.15, -0.1) is 11.3 Å². The number of rotatable bonds is 10. The summed E-state index contributed by atoms with van der Waals surface area (Å²) in [5.41, 5.74) is 0.785. The monoisotopic (exact) mass is 510 g/mol. The third kappa shape index (κ3) is 7.07. The van der Waals surface area contributed by atoms with Crippen LogP contribution >= 0.6 is 11.3 Å². The van der Waals surface area contributed by atoms with E-state index >= 15 is 0 Å². The first-order valence-corrected chi connectivity index (χ1v) is 12.5. The topological polar surface area (TPSA) is 128 Å². The van der Waals surface area contributed by atoms with Gasteiger partial charge in [0.2, 0.25) is 0 Å². The van der Waals surface area contributed by atoms with Crippen LogP contribution in [0, 0.1) is 11.3 Å². The smallest absolute Gasteiger partial charge is 0.352 e. The number of esters is 1. The van der Waals surface area contributed by atoms with E-state index < -0.39 is 5.97 Å². The molecule has 3 rings (SSSR count). The van der Waals surface area contributed by atoms with Crippen LogP contribution in [0.4, 0.5) is 16.2 Å². The Labute approximate surface area is 213 Å². The van der Waals surface area contributed by atoms with Crippen LogP contribution in [0.15, 0.2) is 41.7 Å². The van der Waals surface area contributed by atoms with Gasteiger partial charge in [0.15, 0.2) is 5.57 Å². The van der Waals surface area contributed by atoms with Gasteiger partial charge in [-0.05, 0) is 57.1 Å². The Morgan fingerprint density at radius 3 is 2.56 bits per heavy atom. The predicted molar refractivity (Wildman–Crippen MR) is 141 cm³/mol. The van der Waals surface area contributed by atoms with Crippen LogP contribution in [0.25, 0.3) is 11.8 Å². The van der Waals surface area contributed by atoms with Crippen molar-refractivity contribution in [3.63, 3.8) is 0 Å². The van der Waals surface area contributed by atoms with Gasteiger partial charge >= 0.3 is 12.0 Å². The second-order valence-electron chi connectivity index (χ2n) is 7.99. The van der Waals surface area contributed by atoms with Crippen molar-refractivity contribution in [2.75, 3.05) is 43.4 Å². The van der Waals surface area contributed by atoms with Gasteiger partial charge in [0.1, 0.15) is 21.9 Å². The highest BCUT2D eigenvalue weighted by Gasteiger charge is 2.16. The molecular weight excluding hydrogens is 480 g/mol. The molecule has 1 saturated heterocycles. The number of carbonyl (C=O) groups is 2. The molecule has 1 aromatic heterocycles. The average molecular weight is 511 g/mol. The molecule has 0 bridgehead atoms. The number of amides is 2. The zero-order chi connectivity index (χ0) is 25.9. The predicted octanol–water partition coefficient (Wildman–Crippen LogP) is 1.40. The SMILES string of the molecule is C=CCOC(=O)/C(C#N)=c1/s/c(=C/Nc2ccc(NC(=O)NCCN3CCCC3)cc2)c(=O)n1CC. The number of thiazole rings is 1. The fraction of sp³-hybridized carbons (Fsp3) is 0.360. The quantitative estimate of drug-likeness (QED) is 0.326. The minimum Gasteiger partial charge on any atom is -0.457 e. The zero-order valence-corrected chi connectivity index (χ0v) is 21.0. The number of aromatic nitrogens is 1. The molecule has 1 aliphatic rings. The standard InChI is InChI=1S/C25H30N6O4S/c1-3-15-35-24(33)20(16-26)23-31(4-2)22(32)21(36-23)17-28-18-7-9-19(10-8-18)29-25(34)27-11-14-30-12-5-6-13-30/h3,7-10,17,28H,1,4-6,11-15H2,2H3,(H2,27,29,34)/b21-17+,23-20+. The number of hydrogen-bond donors (Lipinski definition) is 3. The van der Waals surface area contributed by atoms with Crippen LogP contribution in [0.2, 0.25) is 0 Å². The number of nitrogens with one attached hydrogen (secondary N) is 3. The van der Waals surface area contributed by atoms with Crippen LogP contribution in [-0.4, -0.2) is 54.3 Å². The summed E-state index contributed by atoms with van der Waals surface area (Å²) in [5, 5.41) is 18.2. The molecule has 0 saturated carbocycles. The van der Waals surface area contributed by atoms with Crippen molar-refractivity contribution in [1.29, 1.82) is 5.26 Å². The van der Waals surface area contributed by atoms with Crippen LogP contribution in [0.5, 0.6) is 0 Å². The Balaban J connectivity index is 1.67. The number of nitrogens with zero attached hydrogens (tertiary/aromatic N) is 3. The number of carbonyl (C=O) groups excluding carboxylic acids is 2. The number of benzene rings is 1. The molecule has 0 aliphatic carbocycles. The zero-order valence-electron chi connectivity index (χ0n) is 20.2. The van der Waals surface area contributed by atoms with E-state index in [9.17, 15) is 19.6 Å². The first-order valence-electron chi connectivity index (χ1n) is 11.7. The van der Waals surface area contributed by atoms with E-state index in [0.717, 1.165) is 31.0 Å². The number of likely N-dealkylation sites (tertiary alicyclic amines) is 1. The van der Waals surface area contributed by atoms with E-state index in [0.29, 0.717) is 29.0 Å². The van der Waals surface area contributed by atoms with Crippen LogP contribution in [0.3, 0.4) is 0 Å². The second-order valence-corrected chi connectivity index (χ2v) is 9.02. The molecule has 0 spiro atoms. The largest absolute Gasteiger partial charge is 0.457 e. The Bertz CT molecular complexity index is 1300. The van der Waals surface area contributed by atoms with Gasteiger partial charge in [-0.1, -0.05) is 12.7 Å². The molecule has 2 aromatic rings. The lowest BCUT2D eigenvalue weighted by Crippen LogP contribution is -2.35. The summed E-state index contributed by atoms with van der Waals surface area (Å²) >= 11 is 1.03. The molecule has 0 unspecified atom stereocenters. The molecule has 2 amide bonds. The molecule has 36 heavy (non-hydrogen) atoms. The molecule has 0 radical (unpaired) electrons. The fourth-order valence-corrected chi connectivity index (χ4v) is 4.76. The van der Waals surface area contributed by atoms with Crippen molar-refractivity contribution in [2.45, 2.75) is 26.3 Å². The van der Waals surface area contributed by atoms with Crippen molar-refractivity contribution in [3.8, 4) is 6.07 Å². The van der Waals surface area contributed by atoms with Crippen molar-refractivity contribution in [2.24, 2.45) is 0 Å². The minimum atomic E-state index is -0.802. The Hall–Kier alpha value is -3.88. The van der Waals surface area contributed by atoms with Crippen LogP contribution in [0.1, 0.15) is 19.8 Å². The summed E-state index contributed by atoms with van der Waals surface area (Å²) in [5.74, 6) is -0.802. The molecule has 1 aromatic carbocycles. The number of ether oxygens (including phenoxy) is 1. The maximum absolute atomic E-state index is 12.8. The Kier molecular flexibility index (Phi) is 9.85.